The SMILES string of the molecule is CC1(C)C2CC=C(COC(=O)CCCC(=O)OCC(F)(F)C(F)(F)C(F)(F)C(F)F)C1C2. The van der Waals surface area contributed by atoms with Gasteiger partial charge in [-0.2, -0.15) is 26.3 Å². The topological polar surface area (TPSA) is 52.6 Å². The van der Waals surface area contributed by atoms with Crippen LogP contribution in [0.5, 0.6) is 0 Å². The van der Waals surface area contributed by atoms with Crippen molar-refractivity contribution in [3.8, 4) is 0 Å². The van der Waals surface area contributed by atoms with Gasteiger partial charge in [-0.3, -0.25) is 9.59 Å². The zero-order valence-corrected chi connectivity index (χ0v) is 17.4. The summed E-state index contributed by atoms with van der Waals surface area (Å²) in [5.41, 5.74) is 1.15. The van der Waals surface area contributed by atoms with Crippen molar-refractivity contribution in [1.29, 1.82) is 0 Å². The highest BCUT2D eigenvalue weighted by atomic mass is 19.4. The first kappa shape index (κ1) is 26.4. The average molecular weight is 480 g/mol. The van der Waals surface area contributed by atoms with Crippen molar-refractivity contribution in [1.82, 2.24) is 0 Å². The Morgan fingerprint density at radius 1 is 1.06 bits per heavy atom. The molecule has 0 aromatic heterocycles. The fourth-order valence-electron chi connectivity index (χ4n) is 3.97. The largest absolute Gasteiger partial charge is 0.461 e. The molecule has 2 atom stereocenters. The lowest BCUT2D eigenvalue weighted by atomic mass is 9.49. The molecular formula is C20H24F8O4. The number of alkyl halides is 8. The zero-order chi connectivity index (χ0) is 24.5. The van der Waals surface area contributed by atoms with E-state index in [1.54, 1.807) is 0 Å². The number of ether oxygens (including phenoxy) is 2. The first-order valence-corrected chi connectivity index (χ1v) is 9.95. The van der Waals surface area contributed by atoms with Crippen LogP contribution in [0, 0.1) is 17.3 Å². The number of hydrogen-bond donors (Lipinski definition) is 0. The number of rotatable bonds is 11. The molecule has 2 bridgehead atoms. The summed E-state index contributed by atoms with van der Waals surface area (Å²) in [6.07, 6.45) is -2.29. The maximum atomic E-state index is 13.3. The van der Waals surface area contributed by atoms with Crippen LogP contribution in [0.1, 0.15) is 46.0 Å². The fraction of sp³-hybridized carbons (Fsp3) is 0.800. The van der Waals surface area contributed by atoms with E-state index >= 15 is 0 Å². The third-order valence-electron chi connectivity index (χ3n) is 6.31. The molecule has 0 aromatic rings. The number of allylic oxidation sites excluding steroid dienone is 1. The number of hydrogen-bond acceptors (Lipinski definition) is 4. The standard InChI is InChI=1S/C20H24F8O4/c1-17(2)12-7-6-11(13(17)8-12)9-31-14(29)4-3-5-15(30)32-10-18(23,24)20(27,28)19(25,26)16(21)22/h6,12-13,16H,3-5,7-10H2,1-2H3. The quantitative estimate of drug-likeness (QED) is 0.226. The Bertz CT molecular complexity index is 748. The van der Waals surface area contributed by atoms with Crippen molar-refractivity contribution < 1.29 is 54.2 Å². The van der Waals surface area contributed by atoms with Gasteiger partial charge in [-0.15, -0.1) is 0 Å². The second-order valence-electron chi connectivity index (χ2n) is 8.70. The molecule has 32 heavy (non-hydrogen) atoms. The average Bonchev–Trinajstić information content (AvgIpc) is 2.70. The number of carbonyl (C=O) groups excluding carboxylic acids is 2. The van der Waals surface area contributed by atoms with Crippen LogP contribution >= 0.6 is 0 Å². The Hall–Kier alpha value is -1.88. The first-order valence-electron chi connectivity index (χ1n) is 9.95. The molecule has 0 aliphatic heterocycles. The van der Waals surface area contributed by atoms with E-state index in [1.165, 1.54) is 0 Å². The third-order valence-corrected chi connectivity index (χ3v) is 6.31. The lowest BCUT2D eigenvalue weighted by Crippen LogP contribution is -2.59. The van der Waals surface area contributed by atoms with Crippen molar-refractivity contribution >= 4 is 11.9 Å². The van der Waals surface area contributed by atoms with Gasteiger partial charge in [0.25, 0.3) is 0 Å². The van der Waals surface area contributed by atoms with Gasteiger partial charge in [0.1, 0.15) is 6.61 Å². The lowest BCUT2D eigenvalue weighted by Gasteiger charge is -2.56. The minimum Gasteiger partial charge on any atom is -0.461 e. The Kier molecular flexibility index (Phi) is 7.55. The lowest BCUT2D eigenvalue weighted by molar-refractivity contribution is -0.344. The number of fused-ring (bicyclic) bond motifs is 1. The van der Waals surface area contributed by atoms with E-state index in [-0.39, 0.29) is 24.9 Å². The summed E-state index contributed by atoms with van der Waals surface area (Å²) in [6.45, 7) is 1.85. The fourth-order valence-corrected chi connectivity index (χ4v) is 3.97. The van der Waals surface area contributed by atoms with Crippen LogP contribution in [0.2, 0.25) is 0 Å². The van der Waals surface area contributed by atoms with Crippen molar-refractivity contribution in [2.45, 2.75) is 70.1 Å². The second-order valence-corrected chi connectivity index (χ2v) is 8.70. The van der Waals surface area contributed by atoms with Gasteiger partial charge >= 0.3 is 36.1 Å². The molecule has 0 saturated heterocycles. The van der Waals surface area contributed by atoms with Crippen molar-refractivity contribution in [2.24, 2.45) is 17.3 Å². The highest BCUT2D eigenvalue weighted by Crippen LogP contribution is 2.59. The maximum Gasteiger partial charge on any atom is 0.381 e. The predicted molar refractivity (Wildman–Crippen MR) is 94.7 cm³/mol. The minimum atomic E-state index is -6.44. The van der Waals surface area contributed by atoms with E-state index in [9.17, 15) is 44.7 Å². The molecule has 0 N–H and O–H groups in total. The van der Waals surface area contributed by atoms with Gasteiger partial charge in [-0.1, -0.05) is 19.9 Å². The Balaban J connectivity index is 1.71. The van der Waals surface area contributed by atoms with Gasteiger partial charge in [0.15, 0.2) is 6.61 Å². The molecule has 1 fully saturated rings. The molecule has 0 heterocycles. The van der Waals surface area contributed by atoms with E-state index in [4.69, 9.17) is 4.74 Å². The van der Waals surface area contributed by atoms with Crippen LogP contribution in [0.4, 0.5) is 35.1 Å². The van der Waals surface area contributed by atoms with Crippen LogP contribution in [0.15, 0.2) is 11.6 Å². The highest BCUT2D eigenvalue weighted by molar-refractivity contribution is 5.72. The number of halogens is 8. The van der Waals surface area contributed by atoms with Crippen LogP contribution in [0.25, 0.3) is 0 Å². The van der Waals surface area contributed by atoms with Gasteiger partial charge in [0.05, 0.1) is 0 Å². The molecule has 1 saturated carbocycles. The van der Waals surface area contributed by atoms with Crippen molar-refractivity contribution in [3.05, 3.63) is 11.6 Å². The number of carbonyl (C=O) groups is 2. The van der Waals surface area contributed by atoms with Crippen LogP contribution < -0.4 is 0 Å². The molecule has 0 spiro atoms. The summed E-state index contributed by atoms with van der Waals surface area (Å²) < 4.78 is 111. The first-order chi connectivity index (χ1) is 14.5. The van der Waals surface area contributed by atoms with Crippen LogP contribution in [0.3, 0.4) is 0 Å². The summed E-state index contributed by atoms with van der Waals surface area (Å²) >= 11 is 0. The Morgan fingerprint density at radius 2 is 1.62 bits per heavy atom. The van der Waals surface area contributed by atoms with E-state index in [2.05, 4.69) is 18.6 Å². The van der Waals surface area contributed by atoms with E-state index in [1.807, 2.05) is 6.08 Å². The Labute approximate surface area is 179 Å². The van der Waals surface area contributed by atoms with Crippen molar-refractivity contribution in [3.63, 3.8) is 0 Å². The van der Waals surface area contributed by atoms with Gasteiger partial charge in [0, 0.05) is 12.8 Å². The molecule has 184 valence electrons. The van der Waals surface area contributed by atoms with Crippen molar-refractivity contribution in [2.75, 3.05) is 13.2 Å². The predicted octanol–water partition coefficient (Wildman–Crippen LogP) is 5.41. The molecule has 0 aromatic carbocycles. The molecule has 3 aliphatic carbocycles. The van der Waals surface area contributed by atoms with E-state index < -0.39 is 49.2 Å². The summed E-state index contributed by atoms with van der Waals surface area (Å²) in [6, 6.07) is 0. The molecule has 0 amide bonds. The molecule has 0 radical (unpaired) electrons. The smallest absolute Gasteiger partial charge is 0.381 e. The normalized spacial score (nSPS) is 22.8. The summed E-state index contributed by atoms with van der Waals surface area (Å²) in [5.74, 6) is -19.7. The van der Waals surface area contributed by atoms with E-state index in [0.717, 1.165) is 18.4 Å². The van der Waals surface area contributed by atoms with Gasteiger partial charge in [-0.25, -0.2) is 8.78 Å². The minimum absolute atomic E-state index is 0.0871. The molecule has 4 nitrogen and oxygen atoms in total. The maximum absolute atomic E-state index is 13.3. The number of esters is 2. The summed E-state index contributed by atoms with van der Waals surface area (Å²) in [4.78, 5) is 23.2. The van der Waals surface area contributed by atoms with Crippen LogP contribution in [-0.2, 0) is 19.1 Å². The summed E-state index contributed by atoms with van der Waals surface area (Å²) in [7, 11) is 0. The second kappa shape index (κ2) is 9.17. The van der Waals surface area contributed by atoms with Gasteiger partial charge in [-0.05, 0) is 42.1 Å². The molecule has 3 rings (SSSR count). The Morgan fingerprint density at radius 3 is 2.12 bits per heavy atom. The van der Waals surface area contributed by atoms with Gasteiger partial charge < -0.3 is 9.47 Å². The van der Waals surface area contributed by atoms with Gasteiger partial charge in [0.2, 0.25) is 0 Å². The zero-order valence-electron chi connectivity index (χ0n) is 17.4. The highest BCUT2D eigenvalue weighted by Gasteiger charge is 2.75. The molecule has 12 heteroatoms. The summed E-state index contributed by atoms with van der Waals surface area (Å²) in [5, 5.41) is 0. The third kappa shape index (κ3) is 5.03. The molecular weight excluding hydrogens is 456 g/mol. The van der Waals surface area contributed by atoms with Crippen LogP contribution in [-0.4, -0.2) is 49.3 Å². The molecule has 2 unspecified atom stereocenters. The monoisotopic (exact) mass is 480 g/mol. The molecule has 3 aliphatic rings. The van der Waals surface area contributed by atoms with E-state index in [0.29, 0.717) is 11.8 Å².